The van der Waals surface area contributed by atoms with Crippen molar-refractivity contribution in [3.05, 3.63) is 24.0 Å². The van der Waals surface area contributed by atoms with Gasteiger partial charge >= 0.3 is 0 Å². The summed E-state index contributed by atoms with van der Waals surface area (Å²) < 4.78 is 17.5. The van der Waals surface area contributed by atoms with Crippen LogP contribution in [-0.2, 0) is 0 Å². The van der Waals surface area contributed by atoms with Gasteiger partial charge in [0.25, 0.3) is 0 Å². The Morgan fingerprint density at radius 2 is 1.61 bits per heavy atom. The summed E-state index contributed by atoms with van der Waals surface area (Å²) in [5.41, 5.74) is 1.63. The first-order chi connectivity index (χ1) is 8.69. The highest BCUT2D eigenvalue weighted by Crippen LogP contribution is 2.39. The van der Waals surface area contributed by atoms with E-state index in [4.69, 9.17) is 14.2 Å². The predicted octanol–water partition coefficient (Wildman–Crippen LogP) is 1.60. The number of hydrogen-bond donors (Lipinski definition) is 0. The number of aryl methyl sites for hydroxylation is 1. The zero-order valence-electron chi connectivity index (χ0n) is 10.8. The van der Waals surface area contributed by atoms with Crippen molar-refractivity contribution in [1.82, 2.24) is 15.0 Å². The van der Waals surface area contributed by atoms with Crippen LogP contribution < -0.4 is 14.2 Å². The number of hydrogen-bond acceptors (Lipinski definition) is 5. The lowest BCUT2D eigenvalue weighted by molar-refractivity contribution is 0.324. The summed E-state index contributed by atoms with van der Waals surface area (Å²) in [4.78, 5) is 0. The van der Waals surface area contributed by atoms with Crippen LogP contribution in [-0.4, -0.2) is 36.3 Å². The summed E-state index contributed by atoms with van der Waals surface area (Å²) in [7, 11) is 4.72. The van der Waals surface area contributed by atoms with Gasteiger partial charge in [0.2, 0.25) is 5.75 Å². The second-order valence-electron chi connectivity index (χ2n) is 3.69. The molecule has 0 bridgehead atoms. The van der Waals surface area contributed by atoms with E-state index in [0.29, 0.717) is 17.2 Å². The number of ether oxygens (including phenoxy) is 3. The Morgan fingerprint density at radius 1 is 1.00 bits per heavy atom. The molecule has 1 aromatic heterocycles. The van der Waals surface area contributed by atoms with Gasteiger partial charge in [-0.3, -0.25) is 0 Å². The molecule has 0 atom stereocenters. The molecule has 0 aliphatic rings. The SMILES string of the molecule is COc1cc(-n2cc(C)nn2)cc(OC)c1OC. The zero-order chi connectivity index (χ0) is 13.1. The molecule has 18 heavy (non-hydrogen) atoms. The van der Waals surface area contributed by atoms with Crippen LogP contribution in [0.1, 0.15) is 5.69 Å². The van der Waals surface area contributed by atoms with E-state index in [1.54, 1.807) is 26.0 Å². The smallest absolute Gasteiger partial charge is 0.203 e. The third-order valence-corrected chi connectivity index (χ3v) is 2.52. The molecule has 0 unspecified atom stereocenters. The molecular formula is C12H15N3O3. The summed E-state index contributed by atoms with van der Waals surface area (Å²) in [5, 5.41) is 7.95. The van der Waals surface area contributed by atoms with Crippen molar-refractivity contribution in [3.8, 4) is 22.9 Å². The number of rotatable bonds is 4. The van der Waals surface area contributed by atoms with Crippen LogP contribution in [0.2, 0.25) is 0 Å². The number of aromatic nitrogens is 3. The molecule has 1 aromatic carbocycles. The normalized spacial score (nSPS) is 10.2. The minimum absolute atomic E-state index is 0.556. The van der Waals surface area contributed by atoms with E-state index >= 15 is 0 Å². The topological polar surface area (TPSA) is 58.4 Å². The minimum atomic E-state index is 0.556. The molecule has 0 fully saturated rings. The van der Waals surface area contributed by atoms with Crippen molar-refractivity contribution in [3.63, 3.8) is 0 Å². The third-order valence-electron chi connectivity index (χ3n) is 2.52. The average Bonchev–Trinajstić information content (AvgIpc) is 2.83. The minimum Gasteiger partial charge on any atom is -0.493 e. The highest BCUT2D eigenvalue weighted by molar-refractivity contribution is 5.57. The molecule has 0 amide bonds. The maximum absolute atomic E-state index is 5.28. The highest BCUT2D eigenvalue weighted by Gasteiger charge is 2.14. The number of methoxy groups -OCH3 is 3. The number of nitrogens with zero attached hydrogens (tertiary/aromatic N) is 3. The van der Waals surface area contributed by atoms with Gasteiger partial charge in [-0.05, 0) is 6.92 Å². The van der Waals surface area contributed by atoms with Crippen LogP contribution in [0.15, 0.2) is 18.3 Å². The Bertz CT molecular complexity index is 526. The Morgan fingerprint density at radius 3 is 2.00 bits per heavy atom. The molecule has 0 spiro atoms. The molecule has 2 rings (SSSR count). The first-order valence-electron chi connectivity index (χ1n) is 5.39. The van der Waals surface area contributed by atoms with Crippen LogP contribution in [0, 0.1) is 6.92 Å². The van der Waals surface area contributed by atoms with Crippen molar-refractivity contribution >= 4 is 0 Å². The molecule has 1 heterocycles. The fourth-order valence-electron chi connectivity index (χ4n) is 1.67. The maximum Gasteiger partial charge on any atom is 0.203 e. The lowest BCUT2D eigenvalue weighted by Gasteiger charge is -2.13. The van der Waals surface area contributed by atoms with Crippen molar-refractivity contribution in [2.75, 3.05) is 21.3 Å². The van der Waals surface area contributed by atoms with E-state index in [0.717, 1.165) is 11.4 Å². The summed E-state index contributed by atoms with van der Waals surface area (Å²) in [6, 6.07) is 3.63. The van der Waals surface area contributed by atoms with E-state index in [1.165, 1.54) is 0 Å². The van der Waals surface area contributed by atoms with Crippen LogP contribution >= 0.6 is 0 Å². The molecule has 96 valence electrons. The lowest BCUT2D eigenvalue weighted by atomic mass is 10.2. The van der Waals surface area contributed by atoms with Gasteiger partial charge in [0.15, 0.2) is 11.5 Å². The summed E-state index contributed by atoms with van der Waals surface area (Å²) >= 11 is 0. The van der Waals surface area contributed by atoms with Gasteiger partial charge < -0.3 is 14.2 Å². The largest absolute Gasteiger partial charge is 0.493 e. The fraction of sp³-hybridized carbons (Fsp3) is 0.333. The van der Waals surface area contributed by atoms with E-state index in [2.05, 4.69) is 10.3 Å². The summed E-state index contributed by atoms with van der Waals surface area (Å²) in [6.45, 7) is 1.88. The Kier molecular flexibility index (Phi) is 3.36. The van der Waals surface area contributed by atoms with E-state index in [1.807, 2.05) is 25.3 Å². The lowest BCUT2D eigenvalue weighted by Crippen LogP contribution is -2.00. The van der Waals surface area contributed by atoms with E-state index in [-0.39, 0.29) is 0 Å². The standard InChI is InChI=1S/C12H15N3O3/c1-8-7-15(14-13-8)9-5-10(16-2)12(18-4)11(6-9)17-3/h5-7H,1-4H3. The molecular weight excluding hydrogens is 234 g/mol. The quantitative estimate of drug-likeness (QED) is 0.823. The van der Waals surface area contributed by atoms with Crippen LogP contribution in [0.3, 0.4) is 0 Å². The maximum atomic E-state index is 5.28. The first kappa shape index (κ1) is 12.2. The van der Waals surface area contributed by atoms with Gasteiger partial charge in [-0.15, -0.1) is 5.10 Å². The molecule has 0 aliphatic carbocycles. The average molecular weight is 249 g/mol. The molecule has 0 saturated heterocycles. The van der Waals surface area contributed by atoms with Gasteiger partial charge in [-0.25, -0.2) is 4.68 Å². The van der Waals surface area contributed by atoms with Crippen molar-refractivity contribution in [2.24, 2.45) is 0 Å². The summed E-state index contributed by atoms with van der Waals surface area (Å²) in [6.07, 6.45) is 1.82. The molecule has 6 nitrogen and oxygen atoms in total. The van der Waals surface area contributed by atoms with Crippen molar-refractivity contribution < 1.29 is 14.2 Å². The van der Waals surface area contributed by atoms with Gasteiger partial charge in [0.1, 0.15) is 0 Å². The molecule has 0 N–H and O–H groups in total. The van der Waals surface area contributed by atoms with Gasteiger partial charge in [-0.1, -0.05) is 5.21 Å². The molecule has 0 radical (unpaired) electrons. The van der Waals surface area contributed by atoms with Crippen LogP contribution in [0.25, 0.3) is 5.69 Å². The van der Waals surface area contributed by atoms with Gasteiger partial charge in [0.05, 0.1) is 38.9 Å². The van der Waals surface area contributed by atoms with Crippen LogP contribution in [0.5, 0.6) is 17.2 Å². The van der Waals surface area contributed by atoms with Crippen molar-refractivity contribution in [1.29, 1.82) is 0 Å². The first-order valence-corrected chi connectivity index (χ1v) is 5.39. The Balaban J connectivity index is 2.56. The van der Waals surface area contributed by atoms with Crippen LogP contribution in [0.4, 0.5) is 0 Å². The molecule has 6 heteroatoms. The summed E-state index contributed by atoms with van der Waals surface area (Å²) in [5.74, 6) is 1.72. The van der Waals surface area contributed by atoms with E-state index in [9.17, 15) is 0 Å². The predicted molar refractivity (Wildman–Crippen MR) is 65.8 cm³/mol. The Hall–Kier alpha value is -2.24. The van der Waals surface area contributed by atoms with E-state index < -0.39 is 0 Å². The fourth-order valence-corrected chi connectivity index (χ4v) is 1.67. The second-order valence-corrected chi connectivity index (χ2v) is 3.69. The Labute approximate surface area is 105 Å². The molecule has 0 aliphatic heterocycles. The monoisotopic (exact) mass is 249 g/mol. The van der Waals surface area contributed by atoms with Gasteiger partial charge in [0, 0.05) is 12.1 Å². The zero-order valence-corrected chi connectivity index (χ0v) is 10.8. The van der Waals surface area contributed by atoms with Crippen molar-refractivity contribution in [2.45, 2.75) is 6.92 Å². The molecule has 2 aromatic rings. The van der Waals surface area contributed by atoms with Gasteiger partial charge in [-0.2, -0.15) is 0 Å². The second kappa shape index (κ2) is 4.95. The molecule has 0 saturated carbocycles. The number of benzene rings is 1. The highest BCUT2D eigenvalue weighted by atomic mass is 16.5. The third kappa shape index (κ3) is 2.09.